The number of esters is 3. The number of hydrogen-bond donors (Lipinski definition) is 0. The number of nitrogens with zero attached hydrogens (tertiary/aromatic N) is 1. The van der Waals surface area contributed by atoms with E-state index in [4.69, 9.17) is 23.7 Å². The molecule has 0 heterocycles. The Hall–Kier alpha value is -3.40. The number of carbonyl (C=O) groups is 4. The lowest BCUT2D eigenvalue weighted by atomic mass is 10.0. The molecule has 0 radical (unpaired) electrons. The fourth-order valence-electron chi connectivity index (χ4n) is 8.96. The van der Waals surface area contributed by atoms with Crippen molar-refractivity contribution in [2.45, 2.75) is 310 Å². The van der Waals surface area contributed by atoms with Crippen LogP contribution < -0.4 is 0 Å². The lowest BCUT2D eigenvalue weighted by Gasteiger charge is -2.20. The predicted molar refractivity (Wildman–Crippen MR) is 319 cm³/mol. The molecule has 0 amide bonds. The quantitative estimate of drug-likeness (QED) is 0.0252. The lowest BCUT2D eigenvalue weighted by Crippen LogP contribution is -2.31. The highest BCUT2D eigenvalue weighted by atomic mass is 16.7. The number of ether oxygens (including phenoxy) is 5. The van der Waals surface area contributed by atoms with E-state index in [0.29, 0.717) is 12.8 Å². The van der Waals surface area contributed by atoms with E-state index in [9.17, 15) is 19.2 Å². The Kier molecular flexibility index (Phi) is 56.6. The van der Waals surface area contributed by atoms with Gasteiger partial charge in [-0.1, -0.05) is 224 Å². The summed E-state index contributed by atoms with van der Waals surface area (Å²) >= 11 is 0. The van der Waals surface area contributed by atoms with E-state index in [-0.39, 0.29) is 57.4 Å². The van der Waals surface area contributed by atoms with Gasteiger partial charge in [-0.3, -0.25) is 14.4 Å². The molecule has 0 saturated carbocycles. The van der Waals surface area contributed by atoms with Gasteiger partial charge in [-0.15, -0.1) is 0 Å². The van der Waals surface area contributed by atoms with Crippen LogP contribution in [0.25, 0.3) is 0 Å². The Bertz CT molecular complexity index is 1360. The van der Waals surface area contributed by atoms with Crippen molar-refractivity contribution >= 4 is 24.1 Å². The van der Waals surface area contributed by atoms with Crippen LogP contribution in [0.5, 0.6) is 0 Å². The van der Waals surface area contributed by atoms with Gasteiger partial charge in [-0.05, 0) is 116 Å². The maximum absolute atomic E-state index is 13.4. The molecule has 0 aromatic carbocycles. The Morgan fingerprint density at radius 2 is 0.750 bits per heavy atom. The average Bonchev–Trinajstić information content (AvgIpc) is 3.41. The molecule has 0 spiro atoms. The van der Waals surface area contributed by atoms with E-state index in [2.05, 4.69) is 81.2 Å². The molecule has 1 unspecified atom stereocenters. The monoisotopic (exact) mass is 1070 g/mol. The summed E-state index contributed by atoms with van der Waals surface area (Å²) in [5, 5.41) is 0. The first kappa shape index (κ1) is 72.6. The fourth-order valence-corrected chi connectivity index (χ4v) is 8.96. The van der Waals surface area contributed by atoms with Gasteiger partial charge in [0.15, 0.2) is 6.10 Å². The van der Waals surface area contributed by atoms with Crippen molar-refractivity contribution in [3.05, 3.63) is 48.6 Å². The second-order valence-corrected chi connectivity index (χ2v) is 21.5. The van der Waals surface area contributed by atoms with Crippen LogP contribution in [0.1, 0.15) is 297 Å². The van der Waals surface area contributed by atoms with Crippen LogP contribution in [-0.2, 0) is 38.1 Å². The molecule has 1 atom stereocenters. The number of hydrogen-bond acceptors (Lipinski definition) is 10. The molecule has 0 aromatic rings. The summed E-state index contributed by atoms with van der Waals surface area (Å²) in [5.41, 5.74) is 0. The van der Waals surface area contributed by atoms with Gasteiger partial charge >= 0.3 is 24.1 Å². The maximum Gasteiger partial charge on any atom is 0.508 e. The highest BCUT2D eigenvalue weighted by Crippen LogP contribution is 2.19. The first-order chi connectivity index (χ1) is 37.2. The number of rotatable bonds is 57. The summed E-state index contributed by atoms with van der Waals surface area (Å²) in [6, 6.07) is 0. The van der Waals surface area contributed by atoms with Gasteiger partial charge in [-0.25, -0.2) is 4.79 Å². The fraction of sp³-hybridized carbons (Fsp3) is 0.818. The van der Waals surface area contributed by atoms with Crippen LogP contribution in [0, 0.1) is 0 Å². The Morgan fingerprint density at radius 3 is 1.18 bits per heavy atom. The molecule has 10 heteroatoms. The molecule has 0 aliphatic rings. The summed E-state index contributed by atoms with van der Waals surface area (Å²) in [6.07, 6.45) is 59.8. The molecule has 0 rings (SSSR count). The van der Waals surface area contributed by atoms with Gasteiger partial charge < -0.3 is 28.6 Å². The SMILES string of the molecule is CCCCC/C=C\C/C=C\CCCCCCCC(=O)OCC(COC(=O)CCCCCCC/C=C\C/C=C\CCCCC)OC(=O)CCC(CCCCCCCCCCCCCCCC)OC(=O)OCCCN(C)CC. The molecular weight excluding hydrogens is 951 g/mol. The molecule has 76 heavy (non-hydrogen) atoms. The molecular formula is C66H119NO9. The number of allylic oxidation sites excluding steroid dienone is 8. The molecule has 0 bridgehead atoms. The van der Waals surface area contributed by atoms with Crippen molar-refractivity contribution in [1.29, 1.82) is 0 Å². The lowest BCUT2D eigenvalue weighted by molar-refractivity contribution is -0.167. The standard InChI is InChI=1S/C66H119NO9/c1-6-10-13-16-19-22-25-28-31-34-37-40-43-46-49-53-63(68)73-59-62(60-74-64(69)54-50-47-44-41-38-35-32-29-26-23-20-17-14-11-7-2)75-65(70)56-55-61(76-66(71)72-58-51-57-67(5)9-4)52-48-45-42-39-36-33-30-27-24-21-18-15-12-8-3/h19-20,22-23,28-29,31-32,61-62H,6-18,21,24-27,30,33-60H2,1-5H3/b22-19-,23-20-,31-28-,32-29-. The third kappa shape index (κ3) is 55.4. The Labute approximate surface area is 468 Å². The molecule has 0 saturated heterocycles. The van der Waals surface area contributed by atoms with Gasteiger partial charge in [0, 0.05) is 25.8 Å². The van der Waals surface area contributed by atoms with Gasteiger partial charge in [0.05, 0.1) is 6.61 Å². The zero-order chi connectivity index (χ0) is 55.5. The summed E-state index contributed by atoms with van der Waals surface area (Å²) in [5.74, 6) is -1.24. The number of unbranched alkanes of at least 4 members (excludes halogenated alkanes) is 29. The highest BCUT2D eigenvalue weighted by Gasteiger charge is 2.22. The summed E-state index contributed by atoms with van der Waals surface area (Å²) in [6.45, 7) is 10.4. The zero-order valence-electron chi connectivity index (χ0n) is 50.1. The van der Waals surface area contributed by atoms with E-state index < -0.39 is 24.3 Å². The smallest absolute Gasteiger partial charge is 0.462 e. The molecule has 0 aliphatic carbocycles. The van der Waals surface area contributed by atoms with Gasteiger partial charge in [0.1, 0.15) is 19.3 Å². The molecule has 0 fully saturated rings. The van der Waals surface area contributed by atoms with Crippen LogP contribution >= 0.6 is 0 Å². The molecule has 10 nitrogen and oxygen atoms in total. The highest BCUT2D eigenvalue weighted by molar-refractivity contribution is 5.71. The minimum Gasteiger partial charge on any atom is -0.462 e. The van der Waals surface area contributed by atoms with Crippen LogP contribution in [0.4, 0.5) is 4.79 Å². The molecule has 0 N–H and O–H groups in total. The van der Waals surface area contributed by atoms with Crippen molar-refractivity contribution in [2.24, 2.45) is 0 Å². The van der Waals surface area contributed by atoms with E-state index in [1.807, 2.05) is 7.05 Å². The topological polar surface area (TPSA) is 118 Å². The minimum absolute atomic E-state index is 0.00579. The van der Waals surface area contributed by atoms with Crippen LogP contribution in [0.15, 0.2) is 48.6 Å². The maximum atomic E-state index is 13.4. The average molecular weight is 1070 g/mol. The van der Waals surface area contributed by atoms with Crippen LogP contribution in [-0.4, -0.2) is 81.1 Å². The van der Waals surface area contributed by atoms with E-state index in [1.165, 1.54) is 122 Å². The van der Waals surface area contributed by atoms with Crippen LogP contribution in [0.2, 0.25) is 0 Å². The van der Waals surface area contributed by atoms with Gasteiger partial charge in [-0.2, -0.15) is 0 Å². The molecule has 0 aromatic heterocycles. The van der Waals surface area contributed by atoms with Crippen LogP contribution in [0.3, 0.4) is 0 Å². The van der Waals surface area contributed by atoms with Crippen molar-refractivity contribution in [3.8, 4) is 0 Å². The Balaban J connectivity index is 5.13. The molecule has 0 aliphatic heterocycles. The van der Waals surface area contributed by atoms with E-state index in [0.717, 1.165) is 122 Å². The Morgan fingerprint density at radius 1 is 0.368 bits per heavy atom. The van der Waals surface area contributed by atoms with E-state index >= 15 is 0 Å². The second kappa shape index (κ2) is 59.3. The third-order valence-corrected chi connectivity index (χ3v) is 14.1. The van der Waals surface area contributed by atoms with Crippen molar-refractivity contribution in [3.63, 3.8) is 0 Å². The second-order valence-electron chi connectivity index (χ2n) is 21.5. The zero-order valence-corrected chi connectivity index (χ0v) is 50.1. The van der Waals surface area contributed by atoms with Crippen molar-refractivity contribution in [1.82, 2.24) is 4.90 Å². The third-order valence-electron chi connectivity index (χ3n) is 14.1. The van der Waals surface area contributed by atoms with Crippen molar-refractivity contribution in [2.75, 3.05) is 40.0 Å². The summed E-state index contributed by atoms with van der Waals surface area (Å²) in [7, 11) is 2.03. The van der Waals surface area contributed by atoms with E-state index in [1.54, 1.807) is 0 Å². The summed E-state index contributed by atoms with van der Waals surface area (Å²) < 4.78 is 28.3. The van der Waals surface area contributed by atoms with Crippen molar-refractivity contribution < 1.29 is 42.9 Å². The molecule has 442 valence electrons. The number of carbonyl (C=O) groups excluding carboxylic acids is 4. The van der Waals surface area contributed by atoms with Gasteiger partial charge in [0.25, 0.3) is 0 Å². The largest absolute Gasteiger partial charge is 0.508 e. The minimum atomic E-state index is -0.939. The normalized spacial score (nSPS) is 12.3. The first-order valence-corrected chi connectivity index (χ1v) is 31.9. The summed E-state index contributed by atoms with van der Waals surface area (Å²) in [4.78, 5) is 54.1. The predicted octanol–water partition coefficient (Wildman–Crippen LogP) is 19.1. The first-order valence-electron chi connectivity index (χ1n) is 31.9. The van der Waals surface area contributed by atoms with Gasteiger partial charge in [0.2, 0.25) is 0 Å².